The van der Waals surface area contributed by atoms with Crippen molar-refractivity contribution in [2.75, 3.05) is 26.8 Å². The van der Waals surface area contributed by atoms with Crippen molar-refractivity contribution in [2.24, 2.45) is 0 Å². The summed E-state index contributed by atoms with van der Waals surface area (Å²) < 4.78 is 4.91. The van der Waals surface area contributed by atoms with Crippen LogP contribution in [0.3, 0.4) is 0 Å². The molecule has 4 nitrogen and oxygen atoms in total. The molecule has 0 aliphatic rings. The third-order valence-electron chi connectivity index (χ3n) is 2.76. The van der Waals surface area contributed by atoms with Crippen LogP contribution in [0.5, 0.6) is 0 Å². The Bertz CT molecular complexity index is 399. The van der Waals surface area contributed by atoms with E-state index in [0.29, 0.717) is 24.7 Å². The number of halogens is 1. The number of hydrogen-bond donors (Lipinski definition) is 2. The number of benzene rings is 1. The fourth-order valence-electron chi connectivity index (χ4n) is 1.65. The molecule has 19 heavy (non-hydrogen) atoms. The Labute approximate surface area is 119 Å². The van der Waals surface area contributed by atoms with E-state index in [1.54, 1.807) is 7.11 Å². The van der Waals surface area contributed by atoms with Gasteiger partial charge in [-0.05, 0) is 31.0 Å². The molecule has 1 aromatic carbocycles. The number of hydrogen-bond acceptors (Lipinski definition) is 3. The van der Waals surface area contributed by atoms with Gasteiger partial charge in [0.25, 0.3) is 0 Å². The van der Waals surface area contributed by atoms with Gasteiger partial charge in [-0.1, -0.05) is 23.7 Å². The maximum absolute atomic E-state index is 11.6. The minimum absolute atomic E-state index is 0.00928. The second-order valence-corrected chi connectivity index (χ2v) is 4.79. The zero-order valence-corrected chi connectivity index (χ0v) is 12.2. The van der Waals surface area contributed by atoms with Crippen molar-refractivity contribution in [1.29, 1.82) is 0 Å². The fraction of sp³-hybridized carbons (Fsp3) is 0.500. The molecule has 0 aromatic heterocycles. The van der Waals surface area contributed by atoms with Crippen LogP contribution in [0.25, 0.3) is 0 Å². The van der Waals surface area contributed by atoms with E-state index in [9.17, 15) is 4.79 Å². The number of methoxy groups -OCH3 is 1. The van der Waals surface area contributed by atoms with Crippen LogP contribution in [0.4, 0.5) is 0 Å². The molecule has 0 spiro atoms. The van der Waals surface area contributed by atoms with Crippen molar-refractivity contribution < 1.29 is 9.53 Å². The number of rotatable bonds is 8. The van der Waals surface area contributed by atoms with Gasteiger partial charge in [0.05, 0.1) is 6.54 Å². The molecule has 5 heteroatoms. The lowest BCUT2D eigenvalue weighted by Crippen LogP contribution is -2.35. The summed E-state index contributed by atoms with van der Waals surface area (Å²) in [6.07, 6.45) is 0.825. The molecular weight excluding hydrogens is 264 g/mol. The van der Waals surface area contributed by atoms with Gasteiger partial charge < -0.3 is 15.4 Å². The van der Waals surface area contributed by atoms with Crippen molar-refractivity contribution in [3.8, 4) is 0 Å². The van der Waals surface area contributed by atoms with Crippen molar-refractivity contribution in [3.63, 3.8) is 0 Å². The van der Waals surface area contributed by atoms with E-state index in [1.807, 2.05) is 31.2 Å². The largest absolute Gasteiger partial charge is 0.385 e. The molecule has 0 aliphatic heterocycles. The molecule has 106 valence electrons. The Balaban J connectivity index is 2.26. The van der Waals surface area contributed by atoms with Crippen molar-refractivity contribution >= 4 is 17.5 Å². The Morgan fingerprint density at radius 2 is 2.26 bits per heavy atom. The summed E-state index contributed by atoms with van der Waals surface area (Å²) in [5, 5.41) is 6.70. The SMILES string of the molecule is COCCCNC(=O)CN[C@H](C)c1cccc(Cl)c1. The summed E-state index contributed by atoms with van der Waals surface area (Å²) in [6.45, 7) is 3.59. The van der Waals surface area contributed by atoms with Crippen LogP contribution in [0, 0.1) is 0 Å². The molecule has 1 rings (SSSR count). The highest BCUT2D eigenvalue weighted by atomic mass is 35.5. The van der Waals surface area contributed by atoms with Crippen LogP contribution in [0.15, 0.2) is 24.3 Å². The van der Waals surface area contributed by atoms with Crippen LogP contribution in [0.2, 0.25) is 5.02 Å². The van der Waals surface area contributed by atoms with Gasteiger partial charge in [0.1, 0.15) is 0 Å². The lowest BCUT2D eigenvalue weighted by Gasteiger charge is -2.14. The second kappa shape index (κ2) is 8.91. The molecule has 2 N–H and O–H groups in total. The Hall–Kier alpha value is -1.10. The van der Waals surface area contributed by atoms with E-state index < -0.39 is 0 Å². The first kappa shape index (κ1) is 16.0. The molecule has 0 heterocycles. The molecule has 0 radical (unpaired) electrons. The first-order valence-electron chi connectivity index (χ1n) is 6.38. The van der Waals surface area contributed by atoms with E-state index in [-0.39, 0.29) is 11.9 Å². The number of nitrogens with one attached hydrogen (secondary N) is 2. The van der Waals surface area contributed by atoms with E-state index in [2.05, 4.69) is 10.6 Å². The first-order valence-corrected chi connectivity index (χ1v) is 6.75. The van der Waals surface area contributed by atoms with E-state index in [1.165, 1.54) is 0 Å². The molecule has 0 unspecified atom stereocenters. The Morgan fingerprint density at radius 3 is 2.95 bits per heavy atom. The van der Waals surface area contributed by atoms with Gasteiger partial charge in [0.15, 0.2) is 0 Å². The summed E-state index contributed by atoms with van der Waals surface area (Å²) in [7, 11) is 1.65. The number of amides is 1. The maximum Gasteiger partial charge on any atom is 0.233 e. The Kier molecular flexibility index (Phi) is 7.48. The fourth-order valence-corrected chi connectivity index (χ4v) is 1.85. The maximum atomic E-state index is 11.6. The van der Waals surface area contributed by atoms with Crippen LogP contribution in [0.1, 0.15) is 24.9 Å². The summed E-state index contributed by atoms with van der Waals surface area (Å²) in [5.74, 6) is -0.00928. The normalized spacial score (nSPS) is 12.2. The average Bonchev–Trinajstić information content (AvgIpc) is 2.41. The molecule has 0 bridgehead atoms. The molecule has 0 fully saturated rings. The minimum Gasteiger partial charge on any atom is -0.385 e. The Morgan fingerprint density at radius 1 is 1.47 bits per heavy atom. The van der Waals surface area contributed by atoms with Crippen LogP contribution in [-0.4, -0.2) is 32.7 Å². The third kappa shape index (κ3) is 6.57. The molecule has 1 atom stereocenters. The molecule has 0 saturated carbocycles. The minimum atomic E-state index is -0.00928. The van der Waals surface area contributed by atoms with Gasteiger partial charge >= 0.3 is 0 Å². The van der Waals surface area contributed by atoms with Crippen LogP contribution < -0.4 is 10.6 Å². The van der Waals surface area contributed by atoms with E-state index in [4.69, 9.17) is 16.3 Å². The zero-order valence-electron chi connectivity index (χ0n) is 11.4. The summed E-state index contributed by atoms with van der Waals surface area (Å²) in [6, 6.07) is 7.71. The molecule has 0 aliphatic carbocycles. The highest BCUT2D eigenvalue weighted by Gasteiger charge is 2.07. The topological polar surface area (TPSA) is 50.4 Å². The quantitative estimate of drug-likeness (QED) is 0.719. The standard InChI is InChI=1S/C14H21ClN2O2/c1-11(12-5-3-6-13(15)9-12)17-10-14(18)16-7-4-8-19-2/h3,5-6,9,11,17H,4,7-8,10H2,1-2H3,(H,16,18)/t11-/m1/s1. The zero-order chi connectivity index (χ0) is 14.1. The molecule has 0 saturated heterocycles. The predicted molar refractivity (Wildman–Crippen MR) is 77.4 cm³/mol. The lowest BCUT2D eigenvalue weighted by molar-refractivity contribution is -0.120. The summed E-state index contributed by atoms with van der Waals surface area (Å²) >= 11 is 5.93. The van der Waals surface area contributed by atoms with Gasteiger partial charge in [-0.3, -0.25) is 4.79 Å². The van der Waals surface area contributed by atoms with E-state index in [0.717, 1.165) is 12.0 Å². The van der Waals surface area contributed by atoms with Gasteiger partial charge in [-0.15, -0.1) is 0 Å². The first-order chi connectivity index (χ1) is 9.13. The van der Waals surface area contributed by atoms with Gasteiger partial charge in [-0.2, -0.15) is 0 Å². The number of ether oxygens (including phenoxy) is 1. The smallest absolute Gasteiger partial charge is 0.233 e. The van der Waals surface area contributed by atoms with Crippen LogP contribution >= 0.6 is 11.6 Å². The van der Waals surface area contributed by atoms with Crippen LogP contribution in [-0.2, 0) is 9.53 Å². The number of carbonyl (C=O) groups is 1. The highest BCUT2D eigenvalue weighted by molar-refractivity contribution is 6.30. The molecular formula is C14H21ClN2O2. The summed E-state index contributed by atoms with van der Waals surface area (Å²) in [4.78, 5) is 11.6. The number of carbonyl (C=O) groups excluding carboxylic acids is 1. The monoisotopic (exact) mass is 284 g/mol. The molecule has 1 aromatic rings. The van der Waals surface area contributed by atoms with Gasteiger partial charge in [0.2, 0.25) is 5.91 Å². The lowest BCUT2D eigenvalue weighted by atomic mass is 10.1. The van der Waals surface area contributed by atoms with Gasteiger partial charge in [0, 0.05) is 31.3 Å². The average molecular weight is 285 g/mol. The second-order valence-electron chi connectivity index (χ2n) is 4.35. The third-order valence-corrected chi connectivity index (χ3v) is 3.00. The van der Waals surface area contributed by atoms with Crippen molar-refractivity contribution in [1.82, 2.24) is 10.6 Å². The van der Waals surface area contributed by atoms with Crippen molar-refractivity contribution in [3.05, 3.63) is 34.9 Å². The predicted octanol–water partition coefficient (Wildman–Crippen LogP) is 2.14. The van der Waals surface area contributed by atoms with Crippen molar-refractivity contribution in [2.45, 2.75) is 19.4 Å². The molecule has 1 amide bonds. The van der Waals surface area contributed by atoms with E-state index >= 15 is 0 Å². The summed E-state index contributed by atoms with van der Waals surface area (Å²) in [5.41, 5.74) is 1.07. The highest BCUT2D eigenvalue weighted by Crippen LogP contribution is 2.16. The van der Waals surface area contributed by atoms with Gasteiger partial charge in [-0.25, -0.2) is 0 Å².